The molecule has 1 aliphatic heterocycles. The van der Waals surface area contributed by atoms with Gasteiger partial charge in [-0.3, -0.25) is 0 Å². The average molecular weight is 531 g/mol. The number of rotatable bonds is 6. The molecule has 0 radical (unpaired) electrons. The van der Waals surface area contributed by atoms with Crippen LogP contribution in [0.2, 0.25) is 0 Å². The van der Waals surface area contributed by atoms with Crippen LogP contribution in [0, 0.1) is 31.3 Å². The van der Waals surface area contributed by atoms with E-state index in [1.54, 1.807) is 27.7 Å². The van der Waals surface area contributed by atoms with E-state index >= 15 is 0 Å². The van der Waals surface area contributed by atoms with E-state index < -0.39 is 69.3 Å². The lowest BCUT2D eigenvalue weighted by Gasteiger charge is -2.50. The molecule has 6 atom stereocenters. The molecule has 3 heterocycles. The molecule has 0 amide bonds. The fourth-order valence-electron chi connectivity index (χ4n) is 5.02. The van der Waals surface area contributed by atoms with E-state index in [0.717, 1.165) is 12.1 Å². The molecule has 4 N–H and O–H groups in total. The van der Waals surface area contributed by atoms with E-state index in [2.05, 4.69) is 15.5 Å². The molecule has 1 aromatic carbocycles. The number of aliphatic hydroxyl groups excluding tert-OH is 3. The zero-order chi connectivity index (χ0) is 26.5. The summed E-state index contributed by atoms with van der Waals surface area (Å²) in [5, 5.41) is 54.3. The van der Waals surface area contributed by atoms with Crippen LogP contribution in [-0.2, 0) is 0 Å². The molecule has 1 fully saturated rings. The van der Waals surface area contributed by atoms with Gasteiger partial charge in [-0.05, 0) is 39.8 Å². The molecule has 0 aliphatic carbocycles. The maximum absolute atomic E-state index is 13.7. The summed E-state index contributed by atoms with van der Waals surface area (Å²) in [4.78, 5) is 0. The van der Waals surface area contributed by atoms with Crippen molar-refractivity contribution in [2.24, 2.45) is 0 Å². The van der Waals surface area contributed by atoms with Crippen LogP contribution in [0.3, 0.4) is 0 Å². The van der Waals surface area contributed by atoms with Crippen LogP contribution in [0.1, 0.15) is 42.2 Å². The highest BCUT2D eigenvalue weighted by molar-refractivity contribution is 8.18. The van der Waals surface area contributed by atoms with Crippen molar-refractivity contribution in [1.29, 1.82) is 0 Å². The number of aromatic nitrogens is 4. The van der Waals surface area contributed by atoms with Crippen LogP contribution in [0.25, 0.3) is 11.3 Å². The van der Waals surface area contributed by atoms with Gasteiger partial charge in [-0.15, -0.1) is 5.10 Å². The van der Waals surface area contributed by atoms with Crippen molar-refractivity contribution in [3.63, 3.8) is 0 Å². The standard InChI is InChI=1S/C23H29F3N4O5S/c1-10-18(11(2)35-28-10)22(23(3,4)34)36-9-16(32)20(21(33)17(36)8-31)30-7-15(27-29-30)12-5-13(24)19(26)14(25)6-12/h5-7,16-17,20-22,31-34,36H,8-9H2,1-4H3/t16-,17+,20-,21-,22?/m0/s1. The van der Waals surface area contributed by atoms with Crippen LogP contribution in [0.5, 0.6) is 0 Å². The summed E-state index contributed by atoms with van der Waals surface area (Å²) in [6.45, 7) is 6.27. The highest BCUT2D eigenvalue weighted by Gasteiger charge is 2.49. The second-order valence-electron chi connectivity index (χ2n) is 9.63. The molecule has 2 aromatic heterocycles. The molecule has 0 spiro atoms. The van der Waals surface area contributed by atoms with Crippen molar-refractivity contribution in [2.45, 2.75) is 62.0 Å². The summed E-state index contributed by atoms with van der Waals surface area (Å²) in [7, 11) is -1.42. The molecule has 198 valence electrons. The first kappa shape index (κ1) is 26.6. The van der Waals surface area contributed by atoms with E-state index in [4.69, 9.17) is 4.52 Å². The second kappa shape index (κ2) is 9.78. The Balaban J connectivity index is 1.69. The Hall–Kier alpha value is -2.45. The number of halogens is 3. The number of thiol groups is 1. The van der Waals surface area contributed by atoms with E-state index in [9.17, 15) is 33.6 Å². The van der Waals surface area contributed by atoms with Gasteiger partial charge in [0, 0.05) is 27.4 Å². The van der Waals surface area contributed by atoms with Crippen molar-refractivity contribution < 1.29 is 38.1 Å². The maximum atomic E-state index is 13.7. The van der Waals surface area contributed by atoms with Gasteiger partial charge in [-0.1, -0.05) is 10.4 Å². The van der Waals surface area contributed by atoms with Crippen LogP contribution >= 0.6 is 10.9 Å². The molecule has 36 heavy (non-hydrogen) atoms. The van der Waals surface area contributed by atoms with Crippen molar-refractivity contribution in [3.05, 3.63) is 52.8 Å². The predicted molar refractivity (Wildman–Crippen MR) is 126 cm³/mol. The third-order valence-electron chi connectivity index (χ3n) is 6.61. The Bertz CT molecular complexity index is 1200. The van der Waals surface area contributed by atoms with Gasteiger partial charge in [-0.25, -0.2) is 28.7 Å². The summed E-state index contributed by atoms with van der Waals surface area (Å²) in [6, 6.07) is 0.506. The lowest BCUT2D eigenvalue weighted by molar-refractivity contribution is 0.00568. The van der Waals surface area contributed by atoms with Gasteiger partial charge in [0.25, 0.3) is 0 Å². The van der Waals surface area contributed by atoms with Crippen molar-refractivity contribution in [3.8, 4) is 11.3 Å². The number of aryl methyl sites for hydroxylation is 2. The first-order chi connectivity index (χ1) is 16.8. The average Bonchev–Trinajstić information content (AvgIpc) is 3.39. The zero-order valence-electron chi connectivity index (χ0n) is 20.1. The molecular weight excluding hydrogens is 501 g/mol. The predicted octanol–water partition coefficient (Wildman–Crippen LogP) is 2.12. The van der Waals surface area contributed by atoms with Gasteiger partial charge in [0.1, 0.15) is 17.5 Å². The Morgan fingerprint density at radius 3 is 2.36 bits per heavy atom. The molecule has 13 heteroatoms. The van der Waals surface area contributed by atoms with Gasteiger partial charge in [0.15, 0.2) is 17.5 Å². The highest BCUT2D eigenvalue weighted by atomic mass is 32.2. The molecular formula is C23H29F3N4O5S. The van der Waals surface area contributed by atoms with Crippen molar-refractivity contribution >= 4 is 10.9 Å². The molecule has 0 bridgehead atoms. The molecule has 4 rings (SSSR count). The summed E-state index contributed by atoms with van der Waals surface area (Å²) < 4.78 is 47.2. The molecule has 1 saturated heterocycles. The van der Waals surface area contributed by atoms with Gasteiger partial charge < -0.3 is 24.9 Å². The van der Waals surface area contributed by atoms with Gasteiger partial charge >= 0.3 is 0 Å². The zero-order valence-corrected chi connectivity index (χ0v) is 21.0. The fraction of sp³-hybridized carbons (Fsp3) is 0.522. The maximum Gasteiger partial charge on any atom is 0.194 e. The Morgan fingerprint density at radius 2 is 1.83 bits per heavy atom. The molecule has 9 nitrogen and oxygen atoms in total. The van der Waals surface area contributed by atoms with Crippen LogP contribution in [-0.4, -0.2) is 76.0 Å². The van der Waals surface area contributed by atoms with Gasteiger partial charge in [-0.2, -0.15) is 0 Å². The number of hydrogen-bond acceptors (Lipinski definition) is 8. The Labute approximate surface area is 207 Å². The van der Waals surface area contributed by atoms with Gasteiger partial charge in [0.2, 0.25) is 0 Å². The third-order valence-corrected chi connectivity index (χ3v) is 10.3. The second-order valence-corrected chi connectivity index (χ2v) is 12.2. The van der Waals surface area contributed by atoms with Crippen molar-refractivity contribution in [2.75, 3.05) is 12.4 Å². The minimum Gasteiger partial charge on any atom is -0.395 e. The van der Waals surface area contributed by atoms with Crippen LogP contribution < -0.4 is 0 Å². The molecule has 0 saturated carbocycles. The van der Waals surface area contributed by atoms with E-state index in [0.29, 0.717) is 17.0 Å². The van der Waals surface area contributed by atoms with Crippen LogP contribution in [0.4, 0.5) is 13.2 Å². The van der Waals surface area contributed by atoms with Crippen molar-refractivity contribution in [1.82, 2.24) is 20.2 Å². The molecule has 3 aromatic rings. The topological polar surface area (TPSA) is 138 Å². The number of aliphatic hydroxyl groups is 4. The number of hydrogen-bond donors (Lipinski definition) is 5. The lowest BCUT2D eigenvalue weighted by Crippen LogP contribution is -2.52. The molecule has 1 aliphatic rings. The molecule has 2 unspecified atom stereocenters. The SMILES string of the molecule is Cc1noc(C)c1C([SH]1C[C@H](O)[C@H](n2cc(-c3cc(F)c(F)c(F)c3)nn2)[C@@H](O)[C@H]1CO)C(C)(C)O. The summed E-state index contributed by atoms with van der Waals surface area (Å²) in [5.74, 6) is -3.75. The summed E-state index contributed by atoms with van der Waals surface area (Å²) in [6.07, 6.45) is -1.17. The third kappa shape index (κ3) is 4.65. The van der Waals surface area contributed by atoms with Crippen LogP contribution in [0.15, 0.2) is 22.9 Å². The Morgan fingerprint density at radius 1 is 1.19 bits per heavy atom. The highest BCUT2D eigenvalue weighted by Crippen LogP contribution is 2.58. The van der Waals surface area contributed by atoms with E-state index in [-0.39, 0.29) is 17.0 Å². The number of benzene rings is 1. The first-order valence-corrected chi connectivity index (χ1v) is 13.0. The lowest BCUT2D eigenvalue weighted by atomic mass is 9.96. The van der Waals surface area contributed by atoms with E-state index in [1.165, 1.54) is 10.9 Å². The summed E-state index contributed by atoms with van der Waals surface area (Å²) >= 11 is 0. The number of nitrogens with zero attached hydrogens (tertiary/aromatic N) is 4. The quantitative estimate of drug-likeness (QED) is 0.241. The Kier molecular flexibility index (Phi) is 7.23. The minimum atomic E-state index is -1.61. The fourth-order valence-corrected chi connectivity index (χ4v) is 8.82. The van der Waals surface area contributed by atoms with Gasteiger partial charge in [0.05, 0.1) is 36.3 Å². The normalized spacial score (nSPS) is 26.8. The largest absolute Gasteiger partial charge is 0.395 e. The first-order valence-electron chi connectivity index (χ1n) is 11.3. The summed E-state index contributed by atoms with van der Waals surface area (Å²) in [5.41, 5.74) is -0.105. The smallest absolute Gasteiger partial charge is 0.194 e. The minimum absolute atomic E-state index is 0.00525. The van der Waals surface area contributed by atoms with E-state index in [1.807, 2.05) is 0 Å². The monoisotopic (exact) mass is 530 g/mol.